The van der Waals surface area contributed by atoms with E-state index in [-0.39, 0.29) is 0 Å². The van der Waals surface area contributed by atoms with Crippen LogP contribution in [-0.2, 0) is 11.2 Å². The van der Waals surface area contributed by atoms with Gasteiger partial charge in [-0.05, 0) is 44.0 Å². The molecule has 0 saturated carbocycles. The van der Waals surface area contributed by atoms with Crippen LogP contribution in [0.1, 0.15) is 18.4 Å². The molecule has 0 bridgehead atoms. The largest absolute Gasteiger partial charge is 0.303 e. The summed E-state index contributed by atoms with van der Waals surface area (Å²) in [4.78, 5) is 17.2. The molecular formula is C13H18N2O. The molecule has 1 aliphatic rings. The van der Waals surface area contributed by atoms with Crippen molar-refractivity contribution in [3.63, 3.8) is 0 Å². The lowest BCUT2D eigenvalue weighted by molar-refractivity contribution is -0.112. The highest BCUT2D eigenvalue weighted by Crippen LogP contribution is 2.15. The van der Waals surface area contributed by atoms with Crippen molar-refractivity contribution in [2.45, 2.75) is 19.3 Å². The Morgan fingerprint density at radius 3 is 2.88 bits per heavy atom. The number of likely N-dealkylation sites (tertiary alicyclic amines) is 1. The minimum absolute atomic E-state index is 0.301. The van der Waals surface area contributed by atoms with Gasteiger partial charge in [-0.2, -0.15) is 0 Å². The third-order valence-electron chi connectivity index (χ3n) is 3.26. The number of carbonyl (C=O) groups excluding carboxylic acids is 1. The van der Waals surface area contributed by atoms with E-state index < -0.39 is 0 Å². The number of piperidine rings is 1. The first kappa shape index (κ1) is 11.3. The van der Waals surface area contributed by atoms with Gasteiger partial charge in [0.2, 0.25) is 0 Å². The molecule has 1 aliphatic heterocycles. The van der Waals surface area contributed by atoms with Crippen LogP contribution in [0.4, 0.5) is 0 Å². The van der Waals surface area contributed by atoms with Crippen molar-refractivity contribution < 1.29 is 4.79 Å². The average Bonchev–Trinajstić information content (AvgIpc) is 2.38. The van der Waals surface area contributed by atoms with Gasteiger partial charge in [-0.25, -0.2) is 0 Å². The monoisotopic (exact) mass is 218 g/mol. The van der Waals surface area contributed by atoms with E-state index in [2.05, 4.69) is 16.0 Å². The highest BCUT2D eigenvalue weighted by atomic mass is 16.1. The third-order valence-corrected chi connectivity index (χ3v) is 3.26. The highest BCUT2D eigenvalue weighted by molar-refractivity contribution is 5.53. The van der Waals surface area contributed by atoms with E-state index in [0.717, 1.165) is 45.2 Å². The van der Waals surface area contributed by atoms with Gasteiger partial charge in [-0.3, -0.25) is 4.98 Å². The van der Waals surface area contributed by atoms with E-state index >= 15 is 0 Å². The molecule has 0 aliphatic carbocycles. The maximum absolute atomic E-state index is 10.6. The predicted molar refractivity (Wildman–Crippen MR) is 63.2 cm³/mol. The maximum atomic E-state index is 10.6. The van der Waals surface area contributed by atoms with Crippen molar-refractivity contribution >= 4 is 6.29 Å². The Morgan fingerprint density at radius 2 is 2.25 bits per heavy atom. The van der Waals surface area contributed by atoms with Crippen LogP contribution in [0, 0.1) is 5.92 Å². The molecular weight excluding hydrogens is 200 g/mol. The molecule has 1 aromatic rings. The van der Waals surface area contributed by atoms with Gasteiger partial charge in [0.15, 0.2) is 0 Å². The normalized spacial score (nSPS) is 18.5. The molecule has 1 aromatic heterocycles. The Kier molecular flexibility index (Phi) is 4.05. The lowest BCUT2D eigenvalue weighted by Crippen LogP contribution is -2.35. The minimum atomic E-state index is 0.301. The predicted octanol–water partition coefficient (Wildman–Crippen LogP) is 1.53. The summed E-state index contributed by atoms with van der Waals surface area (Å²) in [6.45, 7) is 3.20. The van der Waals surface area contributed by atoms with Gasteiger partial charge in [0.1, 0.15) is 6.29 Å². The molecule has 2 rings (SSSR count). The summed E-state index contributed by atoms with van der Waals surface area (Å²) in [7, 11) is 0. The van der Waals surface area contributed by atoms with Crippen LogP contribution in [0.5, 0.6) is 0 Å². The Hall–Kier alpha value is -1.22. The number of hydrogen-bond acceptors (Lipinski definition) is 3. The number of aldehydes is 1. The standard InChI is InChI=1S/C13H18N2O/c16-11-13-4-8-15(9-5-13)7-3-12-2-1-6-14-10-12/h1-2,6,10-11,13H,3-5,7-9H2. The van der Waals surface area contributed by atoms with E-state index in [1.54, 1.807) is 6.20 Å². The smallest absolute Gasteiger partial charge is 0.123 e. The van der Waals surface area contributed by atoms with Gasteiger partial charge in [-0.1, -0.05) is 6.07 Å². The zero-order valence-corrected chi connectivity index (χ0v) is 9.51. The van der Waals surface area contributed by atoms with E-state index in [4.69, 9.17) is 0 Å². The lowest BCUT2D eigenvalue weighted by atomic mass is 9.98. The van der Waals surface area contributed by atoms with Crippen LogP contribution in [0.2, 0.25) is 0 Å². The van der Waals surface area contributed by atoms with Crippen molar-refractivity contribution in [3.8, 4) is 0 Å². The van der Waals surface area contributed by atoms with E-state index in [1.807, 2.05) is 12.3 Å². The summed E-state index contributed by atoms with van der Waals surface area (Å²) < 4.78 is 0. The molecule has 2 heterocycles. The molecule has 0 aromatic carbocycles. The third kappa shape index (κ3) is 3.14. The van der Waals surface area contributed by atoms with Crippen molar-refractivity contribution in [3.05, 3.63) is 30.1 Å². The first-order valence-corrected chi connectivity index (χ1v) is 5.95. The first-order valence-electron chi connectivity index (χ1n) is 5.95. The van der Waals surface area contributed by atoms with Crippen LogP contribution in [0.25, 0.3) is 0 Å². The quantitative estimate of drug-likeness (QED) is 0.719. The van der Waals surface area contributed by atoms with Gasteiger partial charge in [0.25, 0.3) is 0 Å². The Labute approximate surface area is 96.5 Å². The molecule has 16 heavy (non-hydrogen) atoms. The lowest BCUT2D eigenvalue weighted by Gasteiger charge is -2.29. The molecule has 1 fully saturated rings. The van der Waals surface area contributed by atoms with Crippen LogP contribution in [0.3, 0.4) is 0 Å². The molecule has 0 atom stereocenters. The molecule has 0 radical (unpaired) electrons. The van der Waals surface area contributed by atoms with Gasteiger partial charge in [0.05, 0.1) is 0 Å². The fraction of sp³-hybridized carbons (Fsp3) is 0.538. The van der Waals surface area contributed by atoms with Gasteiger partial charge < -0.3 is 9.69 Å². The number of carbonyl (C=O) groups is 1. The molecule has 0 unspecified atom stereocenters. The Bertz CT molecular complexity index is 318. The van der Waals surface area contributed by atoms with Gasteiger partial charge in [-0.15, -0.1) is 0 Å². The van der Waals surface area contributed by atoms with E-state index in [1.165, 1.54) is 5.56 Å². The number of aromatic nitrogens is 1. The Morgan fingerprint density at radius 1 is 1.44 bits per heavy atom. The number of hydrogen-bond donors (Lipinski definition) is 0. The molecule has 3 heteroatoms. The zero-order chi connectivity index (χ0) is 11.2. The van der Waals surface area contributed by atoms with Gasteiger partial charge in [0, 0.05) is 24.9 Å². The molecule has 0 spiro atoms. The number of rotatable bonds is 4. The van der Waals surface area contributed by atoms with Crippen molar-refractivity contribution in [1.29, 1.82) is 0 Å². The number of nitrogens with zero attached hydrogens (tertiary/aromatic N) is 2. The summed E-state index contributed by atoms with van der Waals surface area (Å²) in [5.41, 5.74) is 1.29. The second-order valence-corrected chi connectivity index (χ2v) is 4.43. The summed E-state index contributed by atoms with van der Waals surface area (Å²) in [6, 6.07) is 4.10. The maximum Gasteiger partial charge on any atom is 0.123 e. The molecule has 86 valence electrons. The van der Waals surface area contributed by atoms with Crippen molar-refractivity contribution in [2.75, 3.05) is 19.6 Å². The molecule has 0 N–H and O–H groups in total. The van der Waals surface area contributed by atoms with E-state index in [0.29, 0.717) is 5.92 Å². The van der Waals surface area contributed by atoms with Crippen LogP contribution in [-0.4, -0.2) is 35.8 Å². The van der Waals surface area contributed by atoms with E-state index in [9.17, 15) is 4.79 Å². The summed E-state index contributed by atoms with van der Waals surface area (Å²) in [6.07, 6.45) is 7.95. The SMILES string of the molecule is O=CC1CCN(CCc2cccnc2)CC1. The van der Waals surface area contributed by atoms with Crippen molar-refractivity contribution in [2.24, 2.45) is 5.92 Å². The van der Waals surface area contributed by atoms with Crippen molar-refractivity contribution in [1.82, 2.24) is 9.88 Å². The van der Waals surface area contributed by atoms with Crippen LogP contribution in [0.15, 0.2) is 24.5 Å². The minimum Gasteiger partial charge on any atom is -0.303 e. The summed E-state index contributed by atoms with van der Waals surface area (Å²) in [5.74, 6) is 0.301. The number of pyridine rings is 1. The topological polar surface area (TPSA) is 33.2 Å². The average molecular weight is 218 g/mol. The fourth-order valence-corrected chi connectivity index (χ4v) is 2.15. The Balaban J connectivity index is 1.73. The molecule has 0 amide bonds. The summed E-state index contributed by atoms with van der Waals surface area (Å²) >= 11 is 0. The van der Waals surface area contributed by atoms with Crippen LogP contribution < -0.4 is 0 Å². The zero-order valence-electron chi connectivity index (χ0n) is 9.51. The highest BCUT2D eigenvalue weighted by Gasteiger charge is 2.17. The molecule has 3 nitrogen and oxygen atoms in total. The second-order valence-electron chi connectivity index (χ2n) is 4.43. The van der Waals surface area contributed by atoms with Crippen LogP contribution >= 0.6 is 0 Å². The second kappa shape index (κ2) is 5.75. The first-order chi connectivity index (χ1) is 7.88. The molecule has 1 saturated heterocycles. The summed E-state index contributed by atoms with van der Waals surface area (Å²) in [5, 5.41) is 0. The fourth-order valence-electron chi connectivity index (χ4n) is 2.15. The van der Waals surface area contributed by atoms with Gasteiger partial charge >= 0.3 is 0 Å².